The third-order valence-electron chi connectivity index (χ3n) is 3.22. The molecule has 1 amide bonds. The van der Waals surface area contributed by atoms with E-state index in [4.69, 9.17) is 4.52 Å². The molecule has 1 aliphatic heterocycles. The Kier molecular flexibility index (Phi) is 4.92. The van der Waals surface area contributed by atoms with Crippen LogP contribution in [0.4, 0.5) is 5.82 Å². The molecule has 0 aliphatic carbocycles. The van der Waals surface area contributed by atoms with Gasteiger partial charge in [0.05, 0.1) is 6.54 Å². The lowest BCUT2D eigenvalue weighted by Gasteiger charge is -2.34. The van der Waals surface area contributed by atoms with Crippen molar-refractivity contribution in [2.45, 2.75) is 13.8 Å². The first-order valence-corrected chi connectivity index (χ1v) is 6.85. The second-order valence-corrected chi connectivity index (χ2v) is 5.38. The van der Waals surface area contributed by atoms with Crippen LogP contribution >= 0.6 is 0 Å². The van der Waals surface area contributed by atoms with Crippen LogP contribution in [0.15, 0.2) is 22.7 Å². The van der Waals surface area contributed by atoms with E-state index in [-0.39, 0.29) is 5.91 Å². The Morgan fingerprint density at radius 2 is 1.95 bits per heavy atom. The molecule has 1 N–H and O–H groups in total. The van der Waals surface area contributed by atoms with Gasteiger partial charge in [0.2, 0.25) is 5.91 Å². The first-order valence-electron chi connectivity index (χ1n) is 6.85. The Morgan fingerprint density at radius 1 is 1.35 bits per heavy atom. The zero-order valence-electron chi connectivity index (χ0n) is 12.2. The van der Waals surface area contributed by atoms with Crippen LogP contribution in [0.2, 0.25) is 0 Å². The zero-order valence-corrected chi connectivity index (χ0v) is 12.2. The predicted octanol–water partition coefficient (Wildman–Crippen LogP) is 1.12. The van der Waals surface area contributed by atoms with Gasteiger partial charge in [-0.2, -0.15) is 0 Å². The molecular weight excluding hydrogens is 256 g/mol. The van der Waals surface area contributed by atoms with Crippen molar-refractivity contribution >= 4 is 11.7 Å². The van der Waals surface area contributed by atoms with Crippen LogP contribution < -0.4 is 5.32 Å². The normalized spacial score (nSPS) is 17.1. The number of hydrogen-bond donors (Lipinski definition) is 1. The van der Waals surface area contributed by atoms with Crippen LogP contribution in [0.1, 0.15) is 12.7 Å². The molecule has 1 aliphatic rings. The minimum Gasteiger partial charge on any atom is -0.360 e. The number of amides is 1. The molecule has 6 heteroatoms. The van der Waals surface area contributed by atoms with Crippen LogP contribution in [0, 0.1) is 6.92 Å². The maximum atomic E-state index is 11.9. The summed E-state index contributed by atoms with van der Waals surface area (Å²) in [5.41, 5.74) is 1.18. The highest BCUT2D eigenvalue weighted by Crippen LogP contribution is 2.08. The van der Waals surface area contributed by atoms with Crippen molar-refractivity contribution in [1.82, 2.24) is 15.0 Å². The Labute approximate surface area is 119 Å². The molecule has 1 aromatic heterocycles. The van der Waals surface area contributed by atoms with Gasteiger partial charge in [-0.3, -0.25) is 14.6 Å². The number of aryl methyl sites for hydroxylation is 1. The Bertz CT molecular complexity index is 475. The molecule has 0 spiro atoms. The summed E-state index contributed by atoms with van der Waals surface area (Å²) in [6, 6.07) is 1.71. The van der Waals surface area contributed by atoms with E-state index < -0.39 is 0 Å². The van der Waals surface area contributed by atoms with E-state index >= 15 is 0 Å². The van der Waals surface area contributed by atoms with Gasteiger partial charge in [-0.25, -0.2) is 0 Å². The van der Waals surface area contributed by atoms with E-state index in [1.54, 1.807) is 13.0 Å². The van der Waals surface area contributed by atoms with Crippen molar-refractivity contribution in [3.05, 3.63) is 24.0 Å². The molecule has 1 aromatic rings. The van der Waals surface area contributed by atoms with Crippen LogP contribution in [0.5, 0.6) is 0 Å². The highest BCUT2D eigenvalue weighted by Gasteiger charge is 2.19. The molecule has 20 heavy (non-hydrogen) atoms. The van der Waals surface area contributed by atoms with E-state index in [0.717, 1.165) is 32.7 Å². The Hall–Kier alpha value is -1.66. The van der Waals surface area contributed by atoms with Crippen molar-refractivity contribution in [2.24, 2.45) is 0 Å². The number of anilines is 1. The highest BCUT2D eigenvalue weighted by atomic mass is 16.5. The van der Waals surface area contributed by atoms with Gasteiger partial charge in [0.15, 0.2) is 5.82 Å². The van der Waals surface area contributed by atoms with Crippen LogP contribution in [-0.4, -0.2) is 60.1 Å². The summed E-state index contributed by atoms with van der Waals surface area (Å²) in [4.78, 5) is 16.4. The summed E-state index contributed by atoms with van der Waals surface area (Å²) in [5, 5.41) is 6.49. The number of nitrogens with one attached hydrogen (secondary N) is 1. The standard InChI is InChI=1S/C14H22N4O2/c1-11(2)9-17-4-6-18(7-5-17)10-14(19)15-13-8-12(3)20-16-13/h8H,1,4-7,9-10H2,2-3H3,(H,15,16,19). The predicted molar refractivity (Wildman–Crippen MR) is 77.6 cm³/mol. The quantitative estimate of drug-likeness (QED) is 0.818. The molecule has 0 atom stereocenters. The van der Waals surface area contributed by atoms with Crippen molar-refractivity contribution in [3.8, 4) is 0 Å². The smallest absolute Gasteiger partial charge is 0.239 e. The molecule has 0 aromatic carbocycles. The largest absolute Gasteiger partial charge is 0.360 e. The Morgan fingerprint density at radius 3 is 2.45 bits per heavy atom. The monoisotopic (exact) mass is 278 g/mol. The van der Waals surface area contributed by atoms with E-state index in [9.17, 15) is 4.79 Å². The summed E-state index contributed by atoms with van der Waals surface area (Å²) in [6.45, 7) is 12.9. The minimum absolute atomic E-state index is 0.0494. The molecule has 0 saturated carbocycles. The van der Waals surface area contributed by atoms with E-state index in [1.165, 1.54) is 5.57 Å². The third kappa shape index (κ3) is 4.47. The minimum atomic E-state index is -0.0494. The fraction of sp³-hybridized carbons (Fsp3) is 0.571. The lowest BCUT2D eigenvalue weighted by atomic mass is 10.2. The van der Waals surface area contributed by atoms with Gasteiger partial charge in [0.1, 0.15) is 5.76 Å². The second-order valence-electron chi connectivity index (χ2n) is 5.38. The van der Waals surface area contributed by atoms with Gasteiger partial charge in [-0.05, 0) is 13.8 Å². The fourth-order valence-electron chi connectivity index (χ4n) is 2.30. The summed E-state index contributed by atoms with van der Waals surface area (Å²) < 4.78 is 4.91. The summed E-state index contributed by atoms with van der Waals surface area (Å²) in [6.07, 6.45) is 0. The molecule has 0 unspecified atom stereocenters. The molecule has 0 radical (unpaired) electrons. The second kappa shape index (κ2) is 6.67. The van der Waals surface area contributed by atoms with E-state index in [0.29, 0.717) is 18.1 Å². The lowest BCUT2D eigenvalue weighted by molar-refractivity contribution is -0.117. The molecule has 1 saturated heterocycles. The van der Waals surface area contributed by atoms with Gasteiger partial charge in [-0.15, -0.1) is 0 Å². The van der Waals surface area contributed by atoms with Crippen molar-refractivity contribution in [3.63, 3.8) is 0 Å². The molecule has 1 fully saturated rings. The molecule has 110 valence electrons. The molecule has 2 rings (SSSR count). The lowest BCUT2D eigenvalue weighted by Crippen LogP contribution is -2.48. The average Bonchev–Trinajstić information content (AvgIpc) is 2.76. The van der Waals surface area contributed by atoms with Gasteiger partial charge in [0.25, 0.3) is 0 Å². The third-order valence-corrected chi connectivity index (χ3v) is 3.22. The first-order chi connectivity index (χ1) is 9.52. The molecule has 6 nitrogen and oxygen atoms in total. The van der Waals surface area contributed by atoms with Crippen molar-refractivity contribution in [1.29, 1.82) is 0 Å². The van der Waals surface area contributed by atoms with Crippen LogP contribution in [0.25, 0.3) is 0 Å². The maximum Gasteiger partial charge on any atom is 0.239 e. The first kappa shape index (κ1) is 14.7. The number of aromatic nitrogens is 1. The van der Waals surface area contributed by atoms with Crippen molar-refractivity contribution < 1.29 is 9.32 Å². The van der Waals surface area contributed by atoms with Gasteiger partial charge in [0, 0.05) is 38.8 Å². The average molecular weight is 278 g/mol. The summed E-state index contributed by atoms with van der Waals surface area (Å²) >= 11 is 0. The summed E-state index contributed by atoms with van der Waals surface area (Å²) in [5.74, 6) is 1.12. The van der Waals surface area contributed by atoms with Crippen LogP contribution in [0.3, 0.4) is 0 Å². The van der Waals surface area contributed by atoms with Gasteiger partial charge >= 0.3 is 0 Å². The maximum absolute atomic E-state index is 11.9. The Balaban J connectivity index is 1.72. The zero-order chi connectivity index (χ0) is 14.5. The van der Waals surface area contributed by atoms with Crippen LogP contribution in [-0.2, 0) is 4.79 Å². The number of piperazine rings is 1. The number of carbonyl (C=O) groups is 1. The number of rotatable bonds is 5. The SMILES string of the molecule is C=C(C)CN1CCN(CC(=O)Nc2cc(C)on2)CC1. The molecular formula is C14H22N4O2. The number of hydrogen-bond acceptors (Lipinski definition) is 5. The fourth-order valence-corrected chi connectivity index (χ4v) is 2.30. The van der Waals surface area contributed by atoms with Crippen molar-refractivity contribution in [2.75, 3.05) is 44.6 Å². The van der Waals surface area contributed by atoms with Gasteiger partial charge < -0.3 is 9.84 Å². The van der Waals surface area contributed by atoms with E-state index in [2.05, 4.69) is 26.9 Å². The van der Waals surface area contributed by atoms with E-state index in [1.807, 2.05) is 6.92 Å². The summed E-state index contributed by atoms with van der Waals surface area (Å²) in [7, 11) is 0. The molecule has 0 bridgehead atoms. The number of nitrogens with zero attached hydrogens (tertiary/aromatic N) is 3. The topological polar surface area (TPSA) is 61.6 Å². The van der Waals surface area contributed by atoms with Gasteiger partial charge in [-0.1, -0.05) is 17.3 Å². The molecule has 2 heterocycles. The number of carbonyl (C=O) groups excluding carboxylic acids is 1. The highest BCUT2D eigenvalue weighted by molar-refractivity contribution is 5.91.